The van der Waals surface area contributed by atoms with Crippen LogP contribution in [-0.2, 0) is 4.79 Å². The van der Waals surface area contributed by atoms with Crippen LogP contribution >= 0.6 is 0 Å². The predicted molar refractivity (Wildman–Crippen MR) is 90.2 cm³/mol. The summed E-state index contributed by atoms with van der Waals surface area (Å²) in [5, 5.41) is 2.66. The summed E-state index contributed by atoms with van der Waals surface area (Å²) >= 11 is 0. The Morgan fingerprint density at radius 3 is 2.32 bits per heavy atom. The highest BCUT2D eigenvalue weighted by Gasteiger charge is 2.40. The molecule has 0 radical (unpaired) electrons. The largest absolute Gasteiger partial charge is 0.308 e. The Labute approximate surface area is 142 Å². The van der Waals surface area contributed by atoms with E-state index in [0.717, 1.165) is 4.90 Å². The summed E-state index contributed by atoms with van der Waals surface area (Å²) in [5.41, 5.74) is 1.32. The van der Waals surface area contributed by atoms with Gasteiger partial charge in [-0.05, 0) is 31.2 Å². The van der Waals surface area contributed by atoms with Gasteiger partial charge in [0.05, 0.1) is 17.3 Å². The van der Waals surface area contributed by atoms with Crippen LogP contribution in [0.25, 0.3) is 5.65 Å². The number of nitrogens with zero attached hydrogens (tertiary/aromatic N) is 3. The lowest BCUT2D eigenvalue weighted by Gasteiger charge is -2.21. The summed E-state index contributed by atoms with van der Waals surface area (Å²) in [6.45, 7) is 1.52. The third-order valence-electron chi connectivity index (χ3n) is 4.21. The zero-order valence-electron chi connectivity index (χ0n) is 13.3. The summed E-state index contributed by atoms with van der Waals surface area (Å²) < 4.78 is 1.77. The van der Waals surface area contributed by atoms with E-state index in [1.807, 2.05) is 24.4 Å². The molecule has 1 aliphatic heterocycles. The molecule has 0 bridgehead atoms. The SMILES string of the molecule is CC(C(=O)Nc1cn2ccccc2n1)N1C(=O)c2ccccc2C1=O. The summed E-state index contributed by atoms with van der Waals surface area (Å²) in [6, 6.07) is 11.1. The van der Waals surface area contributed by atoms with Crippen LogP contribution in [0.1, 0.15) is 27.6 Å². The molecule has 0 saturated carbocycles. The molecule has 4 rings (SSSR count). The zero-order valence-corrected chi connectivity index (χ0v) is 13.3. The van der Waals surface area contributed by atoms with Crippen LogP contribution < -0.4 is 5.32 Å². The van der Waals surface area contributed by atoms with Crippen LogP contribution in [0.5, 0.6) is 0 Å². The standard InChI is InChI=1S/C18H14N4O3/c1-11(22-17(24)12-6-2-3-7-13(12)18(22)25)16(23)20-14-10-21-9-5-4-8-15(21)19-14/h2-11H,1H3,(H,20,23). The second-order valence-electron chi connectivity index (χ2n) is 5.78. The molecule has 1 unspecified atom stereocenters. The average molecular weight is 334 g/mol. The minimum absolute atomic E-state index is 0.319. The van der Waals surface area contributed by atoms with Gasteiger partial charge in [0.25, 0.3) is 11.8 Å². The number of aromatic nitrogens is 2. The highest BCUT2D eigenvalue weighted by molar-refractivity contribution is 6.23. The quantitative estimate of drug-likeness (QED) is 0.742. The Balaban J connectivity index is 1.56. The van der Waals surface area contributed by atoms with Crippen LogP contribution in [0.4, 0.5) is 5.82 Å². The molecule has 3 aromatic rings. The fourth-order valence-electron chi connectivity index (χ4n) is 2.90. The van der Waals surface area contributed by atoms with E-state index in [-0.39, 0.29) is 0 Å². The van der Waals surface area contributed by atoms with E-state index < -0.39 is 23.8 Å². The van der Waals surface area contributed by atoms with Gasteiger partial charge in [0.2, 0.25) is 5.91 Å². The van der Waals surface area contributed by atoms with Crippen molar-refractivity contribution in [3.63, 3.8) is 0 Å². The van der Waals surface area contributed by atoms with Gasteiger partial charge in [-0.15, -0.1) is 0 Å². The van der Waals surface area contributed by atoms with Crippen LogP contribution in [0, 0.1) is 0 Å². The molecular weight excluding hydrogens is 320 g/mol. The number of rotatable bonds is 3. The number of pyridine rings is 1. The van der Waals surface area contributed by atoms with E-state index in [9.17, 15) is 14.4 Å². The van der Waals surface area contributed by atoms with Gasteiger partial charge in [-0.25, -0.2) is 4.98 Å². The molecule has 1 aliphatic rings. The molecule has 1 atom stereocenters. The van der Waals surface area contributed by atoms with Crippen LogP contribution in [-0.4, -0.2) is 38.0 Å². The molecule has 0 saturated heterocycles. The molecule has 1 aromatic carbocycles. The monoisotopic (exact) mass is 334 g/mol. The number of imidazole rings is 1. The fourth-order valence-corrected chi connectivity index (χ4v) is 2.90. The van der Waals surface area contributed by atoms with Crippen molar-refractivity contribution in [2.45, 2.75) is 13.0 Å². The van der Waals surface area contributed by atoms with Crippen molar-refractivity contribution >= 4 is 29.2 Å². The van der Waals surface area contributed by atoms with Crippen molar-refractivity contribution < 1.29 is 14.4 Å². The smallest absolute Gasteiger partial charge is 0.262 e. The molecule has 124 valence electrons. The predicted octanol–water partition coefficient (Wildman–Crippen LogP) is 1.96. The number of nitrogens with one attached hydrogen (secondary N) is 1. The van der Waals surface area contributed by atoms with E-state index in [1.165, 1.54) is 6.92 Å². The third-order valence-corrected chi connectivity index (χ3v) is 4.21. The average Bonchev–Trinajstić information content (AvgIpc) is 3.13. The Morgan fingerprint density at radius 2 is 1.68 bits per heavy atom. The van der Waals surface area contributed by atoms with E-state index in [0.29, 0.717) is 22.6 Å². The number of carbonyl (C=O) groups is 3. The lowest BCUT2D eigenvalue weighted by molar-refractivity contribution is -0.119. The van der Waals surface area contributed by atoms with E-state index in [4.69, 9.17) is 0 Å². The number of hydrogen-bond acceptors (Lipinski definition) is 4. The van der Waals surface area contributed by atoms with Crippen molar-refractivity contribution in [1.29, 1.82) is 0 Å². The summed E-state index contributed by atoms with van der Waals surface area (Å²) in [7, 11) is 0. The molecule has 0 aliphatic carbocycles. The fraction of sp³-hybridized carbons (Fsp3) is 0.111. The molecule has 7 heteroatoms. The van der Waals surface area contributed by atoms with Gasteiger partial charge in [0.1, 0.15) is 11.7 Å². The van der Waals surface area contributed by atoms with Gasteiger partial charge in [-0.3, -0.25) is 19.3 Å². The van der Waals surface area contributed by atoms with E-state index >= 15 is 0 Å². The molecule has 3 heterocycles. The maximum Gasteiger partial charge on any atom is 0.262 e. The normalized spacial score (nSPS) is 14.7. The van der Waals surface area contributed by atoms with Crippen LogP contribution in [0.3, 0.4) is 0 Å². The van der Waals surface area contributed by atoms with E-state index in [1.54, 1.807) is 34.9 Å². The number of anilines is 1. The van der Waals surface area contributed by atoms with Gasteiger partial charge >= 0.3 is 0 Å². The number of carbonyl (C=O) groups excluding carboxylic acids is 3. The zero-order chi connectivity index (χ0) is 17.6. The molecular formula is C18H14N4O3. The van der Waals surface area contributed by atoms with Gasteiger partial charge in [0, 0.05) is 6.20 Å². The Morgan fingerprint density at radius 1 is 1.04 bits per heavy atom. The molecule has 25 heavy (non-hydrogen) atoms. The highest BCUT2D eigenvalue weighted by Crippen LogP contribution is 2.24. The molecule has 7 nitrogen and oxygen atoms in total. The Kier molecular flexibility index (Phi) is 3.35. The summed E-state index contributed by atoms with van der Waals surface area (Å²) in [5.74, 6) is -1.03. The third kappa shape index (κ3) is 2.37. The molecule has 0 fully saturated rings. The van der Waals surface area contributed by atoms with E-state index in [2.05, 4.69) is 10.3 Å². The summed E-state index contributed by atoms with van der Waals surface area (Å²) in [4.78, 5) is 42.7. The second-order valence-corrected chi connectivity index (χ2v) is 5.78. The summed E-state index contributed by atoms with van der Waals surface area (Å²) in [6.07, 6.45) is 3.48. The number of benzene rings is 1. The first kappa shape index (κ1) is 15.1. The maximum atomic E-state index is 12.5. The number of amides is 3. The number of fused-ring (bicyclic) bond motifs is 2. The lowest BCUT2D eigenvalue weighted by atomic mass is 10.1. The second kappa shape index (κ2) is 5.55. The minimum Gasteiger partial charge on any atom is -0.308 e. The van der Waals surface area contributed by atoms with Crippen molar-refractivity contribution in [2.75, 3.05) is 5.32 Å². The Bertz CT molecular complexity index is 956. The highest BCUT2D eigenvalue weighted by atomic mass is 16.2. The van der Waals surface area contributed by atoms with Gasteiger partial charge in [0.15, 0.2) is 5.82 Å². The number of imide groups is 1. The maximum absolute atomic E-state index is 12.5. The topological polar surface area (TPSA) is 83.8 Å². The molecule has 3 amide bonds. The van der Waals surface area contributed by atoms with Crippen molar-refractivity contribution in [3.8, 4) is 0 Å². The Hall–Kier alpha value is -3.48. The van der Waals surface area contributed by atoms with Gasteiger partial charge in [-0.1, -0.05) is 18.2 Å². The van der Waals surface area contributed by atoms with Crippen molar-refractivity contribution in [3.05, 3.63) is 66.0 Å². The molecule has 0 spiro atoms. The first-order valence-electron chi connectivity index (χ1n) is 7.78. The number of hydrogen-bond donors (Lipinski definition) is 1. The minimum atomic E-state index is -0.947. The van der Waals surface area contributed by atoms with Crippen LogP contribution in [0.15, 0.2) is 54.9 Å². The lowest BCUT2D eigenvalue weighted by Crippen LogP contribution is -2.45. The van der Waals surface area contributed by atoms with Crippen molar-refractivity contribution in [1.82, 2.24) is 14.3 Å². The first-order valence-corrected chi connectivity index (χ1v) is 7.78. The van der Waals surface area contributed by atoms with Crippen LogP contribution in [0.2, 0.25) is 0 Å². The molecule has 1 N–H and O–H groups in total. The molecule has 2 aromatic heterocycles. The van der Waals surface area contributed by atoms with Gasteiger partial charge < -0.3 is 9.72 Å². The van der Waals surface area contributed by atoms with Gasteiger partial charge in [-0.2, -0.15) is 0 Å². The van der Waals surface area contributed by atoms with Crippen molar-refractivity contribution in [2.24, 2.45) is 0 Å². The first-order chi connectivity index (χ1) is 12.1.